The van der Waals surface area contributed by atoms with Crippen LogP contribution in [-0.4, -0.2) is 25.1 Å². The fraction of sp³-hybridized carbons (Fsp3) is 0.471. The monoisotopic (exact) mass is 318 g/mol. The van der Waals surface area contributed by atoms with E-state index in [9.17, 15) is 0 Å². The zero-order valence-corrected chi connectivity index (χ0v) is 14.9. The number of aromatic nitrogens is 1. The van der Waals surface area contributed by atoms with Crippen molar-refractivity contribution in [1.29, 1.82) is 0 Å². The van der Waals surface area contributed by atoms with Gasteiger partial charge in [-0.25, -0.2) is 4.98 Å². The molecular weight excluding hydrogens is 292 g/mol. The Morgan fingerprint density at radius 3 is 2.59 bits per heavy atom. The summed E-state index contributed by atoms with van der Waals surface area (Å²) in [6.07, 6.45) is 0. The van der Waals surface area contributed by atoms with Gasteiger partial charge in [-0.2, -0.15) is 0 Å². The molecule has 2 rings (SSSR count). The molecule has 2 N–H and O–H groups in total. The standard InChI is InChI=1S/C17H26N4S/c1-6-21(7-2)14-8-9-15(12(3)10-14)19-17-20-16(11-22-17)13(4)18-5/h8-11,13,18H,6-7H2,1-5H3,(H,19,20). The number of hydrogen-bond acceptors (Lipinski definition) is 5. The summed E-state index contributed by atoms with van der Waals surface area (Å²) in [5.74, 6) is 0. The van der Waals surface area contributed by atoms with E-state index in [0.29, 0.717) is 0 Å². The van der Waals surface area contributed by atoms with Gasteiger partial charge in [0.25, 0.3) is 0 Å². The number of rotatable bonds is 7. The van der Waals surface area contributed by atoms with E-state index in [4.69, 9.17) is 0 Å². The number of hydrogen-bond donors (Lipinski definition) is 2. The lowest BCUT2D eigenvalue weighted by Gasteiger charge is -2.22. The molecule has 0 aliphatic carbocycles. The molecule has 1 atom stereocenters. The van der Waals surface area contributed by atoms with Gasteiger partial charge in [-0.3, -0.25) is 0 Å². The van der Waals surface area contributed by atoms with E-state index in [2.05, 4.69) is 71.8 Å². The molecule has 0 amide bonds. The molecule has 1 unspecified atom stereocenters. The fourth-order valence-corrected chi connectivity index (χ4v) is 3.20. The van der Waals surface area contributed by atoms with Gasteiger partial charge >= 0.3 is 0 Å². The lowest BCUT2D eigenvalue weighted by molar-refractivity contribution is 0.637. The summed E-state index contributed by atoms with van der Waals surface area (Å²) in [7, 11) is 1.95. The number of aryl methyl sites for hydroxylation is 1. The fourth-order valence-electron chi connectivity index (χ4n) is 2.38. The number of benzene rings is 1. The molecule has 0 bridgehead atoms. The van der Waals surface area contributed by atoms with Crippen molar-refractivity contribution in [3.63, 3.8) is 0 Å². The van der Waals surface area contributed by atoms with Crippen molar-refractivity contribution in [2.75, 3.05) is 30.4 Å². The van der Waals surface area contributed by atoms with Crippen LogP contribution in [0.15, 0.2) is 23.6 Å². The first-order valence-electron chi connectivity index (χ1n) is 7.84. The smallest absolute Gasteiger partial charge is 0.187 e. The van der Waals surface area contributed by atoms with Gasteiger partial charge < -0.3 is 15.5 Å². The molecule has 4 nitrogen and oxygen atoms in total. The highest BCUT2D eigenvalue weighted by molar-refractivity contribution is 7.13. The van der Waals surface area contributed by atoms with Crippen LogP contribution in [-0.2, 0) is 0 Å². The highest BCUT2D eigenvalue weighted by Crippen LogP contribution is 2.28. The minimum Gasteiger partial charge on any atom is -0.372 e. The summed E-state index contributed by atoms with van der Waals surface area (Å²) >= 11 is 1.64. The summed E-state index contributed by atoms with van der Waals surface area (Å²) in [5, 5.41) is 9.69. The van der Waals surface area contributed by atoms with Crippen molar-refractivity contribution >= 4 is 27.8 Å². The Bertz CT molecular complexity index is 604. The molecule has 0 spiro atoms. The molecular formula is C17H26N4S. The molecule has 1 heterocycles. The van der Waals surface area contributed by atoms with Crippen LogP contribution in [0.5, 0.6) is 0 Å². The van der Waals surface area contributed by atoms with Crippen LogP contribution >= 0.6 is 11.3 Å². The Hall–Kier alpha value is -1.59. The third kappa shape index (κ3) is 3.78. The van der Waals surface area contributed by atoms with Gasteiger partial charge in [0.15, 0.2) is 5.13 Å². The van der Waals surface area contributed by atoms with Gasteiger partial charge in [0.2, 0.25) is 0 Å². The van der Waals surface area contributed by atoms with Crippen molar-refractivity contribution < 1.29 is 0 Å². The van der Waals surface area contributed by atoms with Crippen molar-refractivity contribution in [2.45, 2.75) is 33.7 Å². The number of nitrogens with zero attached hydrogens (tertiary/aromatic N) is 2. The van der Waals surface area contributed by atoms with E-state index in [1.807, 2.05) is 7.05 Å². The molecule has 2 aromatic rings. The van der Waals surface area contributed by atoms with Crippen LogP contribution in [0, 0.1) is 6.92 Å². The molecule has 1 aromatic carbocycles. The Morgan fingerprint density at radius 1 is 1.27 bits per heavy atom. The first-order chi connectivity index (χ1) is 10.6. The van der Waals surface area contributed by atoms with Crippen LogP contribution in [0.3, 0.4) is 0 Å². The molecule has 0 saturated heterocycles. The van der Waals surface area contributed by atoms with E-state index in [1.54, 1.807) is 11.3 Å². The topological polar surface area (TPSA) is 40.2 Å². The highest BCUT2D eigenvalue weighted by Gasteiger charge is 2.10. The number of nitrogens with one attached hydrogen (secondary N) is 2. The Labute approximate surface area is 137 Å². The molecule has 0 radical (unpaired) electrons. The molecule has 0 fully saturated rings. The summed E-state index contributed by atoms with van der Waals surface area (Å²) in [4.78, 5) is 7.00. The van der Waals surface area contributed by atoms with E-state index >= 15 is 0 Å². The highest BCUT2D eigenvalue weighted by atomic mass is 32.1. The molecule has 120 valence electrons. The molecule has 22 heavy (non-hydrogen) atoms. The predicted octanol–water partition coefficient (Wildman–Crippen LogP) is 4.32. The minimum atomic E-state index is 0.276. The SMILES string of the molecule is CCN(CC)c1ccc(Nc2nc(C(C)NC)cs2)c(C)c1. The normalized spacial score (nSPS) is 12.2. The molecule has 0 saturated carbocycles. The van der Waals surface area contributed by atoms with E-state index < -0.39 is 0 Å². The summed E-state index contributed by atoms with van der Waals surface area (Å²) in [5.41, 5.74) is 4.71. The zero-order chi connectivity index (χ0) is 16.1. The van der Waals surface area contributed by atoms with Gasteiger partial charge in [-0.05, 0) is 58.5 Å². The minimum absolute atomic E-state index is 0.276. The Morgan fingerprint density at radius 2 is 2.00 bits per heavy atom. The van der Waals surface area contributed by atoms with Crippen molar-refractivity contribution in [1.82, 2.24) is 10.3 Å². The quantitative estimate of drug-likeness (QED) is 0.797. The van der Waals surface area contributed by atoms with Gasteiger partial charge in [0.05, 0.1) is 5.69 Å². The maximum absolute atomic E-state index is 4.64. The predicted molar refractivity (Wildman–Crippen MR) is 97.6 cm³/mol. The third-order valence-corrected chi connectivity index (χ3v) is 4.75. The van der Waals surface area contributed by atoms with E-state index in [-0.39, 0.29) is 6.04 Å². The molecule has 0 aliphatic heterocycles. The van der Waals surface area contributed by atoms with E-state index in [0.717, 1.165) is 29.6 Å². The average molecular weight is 318 g/mol. The lowest BCUT2D eigenvalue weighted by atomic mass is 10.1. The van der Waals surface area contributed by atoms with Crippen molar-refractivity contribution in [3.05, 3.63) is 34.8 Å². The zero-order valence-electron chi connectivity index (χ0n) is 14.1. The maximum atomic E-state index is 4.64. The van der Waals surface area contributed by atoms with Crippen molar-refractivity contribution in [2.24, 2.45) is 0 Å². The molecule has 0 aliphatic rings. The van der Waals surface area contributed by atoms with Crippen LogP contribution < -0.4 is 15.5 Å². The Balaban J connectivity index is 2.15. The first-order valence-corrected chi connectivity index (χ1v) is 8.72. The summed E-state index contributed by atoms with van der Waals surface area (Å²) in [6.45, 7) is 10.7. The van der Waals surface area contributed by atoms with Crippen LogP contribution in [0.1, 0.15) is 38.1 Å². The third-order valence-electron chi connectivity index (χ3n) is 3.98. The first kappa shape index (κ1) is 16.8. The maximum Gasteiger partial charge on any atom is 0.187 e. The van der Waals surface area contributed by atoms with Crippen LogP contribution in [0.4, 0.5) is 16.5 Å². The van der Waals surface area contributed by atoms with Crippen LogP contribution in [0.25, 0.3) is 0 Å². The summed E-state index contributed by atoms with van der Waals surface area (Å²) in [6, 6.07) is 6.83. The molecule has 5 heteroatoms. The number of thiazole rings is 1. The van der Waals surface area contributed by atoms with Gasteiger partial charge in [-0.1, -0.05) is 0 Å². The second-order valence-electron chi connectivity index (χ2n) is 5.38. The van der Waals surface area contributed by atoms with Crippen molar-refractivity contribution in [3.8, 4) is 0 Å². The van der Waals surface area contributed by atoms with Gasteiger partial charge in [0.1, 0.15) is 0 Å². The number of anilines is 3. The average Bonchev–Trinajstić information content (AvgIpc) is 2.99. The largest absolute Gasteiger partial charge is 0.372 e. The van der Waals surface area contributed by atoms with E-state index in [1.165, 1.54) is 11.3 Å². The summed E-state index contributed by atoms with van der Waals surface area (Å²) < 4.78 is 0. The second-order valence-corrected chi connectivity index (χ2v) is 6.24. The molecule has 1 aromatic heterocycles. The van der Waals surface area contributed by atoms with Gasteiger partial charge in [-0.15, -0.1) is 11.3 Å². The second kappa shape index (κ2) is 7.61. The van der Waals surface area contributed by atoms with Crippen LogP contribution in [0.2, 0.25) is 0 Å². The van der Waals surface area contributed by atoms with Gasteiger partial charge in [0, 0.05) is 35.9 Å². The Kier molecular flexibility index (Phi) is 5.80. The lowest BCUT2D eigenvalue weighted by Crippen LogP contribution is -2.21.